The monoisotopic (exact) mass is 293 g/mol. The second-order valence-electron chi connectivity index (χ2n) is 5.74. The summed E-state index contributed by atoms with van der Waals surface area (Å²) in [5, 5.41) is 9.37. The van der Waals surface area contributed by atoms with Crippen molar-refractivity contribution in [3.63, 3.8) is 0 Å². The molecule has 1 aromatic carbocycles. The van der Waals surface area contributed by atoms with Crippen LogP contribution in [-0.4, -0.2) is 38.6 Å². The van der Waals surface area contributed by atoms with Crippen LogP contribution in [0.25, 0.3) is 0 Å². The molecule has 0 saturated carbocycles. The fourth-order valence-corrected chi connectivity index (χ4v) is 2.27. The number of nitrogens with zero attached hydrogens (tertiary/aromatic N) is 3. The Morgan fingerprint density at radius 3 is 2.45 bits per heavy atom. The molecule has 0 N–H and O–H groups in total. The largest absolute Gasteiger partial charge is 0.369 e. The molecule has 0 unspecified atom stereocenters. The van der Waals surface area contributed by atoms with E-state index in [2.05, 4.69) is 43.8 Å². The van der Waals surface area contributed by atoms with Gasteiger partial charge >= 0.3 is 0 Å². The number of rotatable bonds is 7. The van der Waals surface area contributed by atoms with Crippen molar-refractivity contribution in [3.05, 3.63) is 29.3 Å². The van der Waals surface area contributed by atoms with Gasteiger partial charge in [-0.25, -0.2) is 0 Å². The molecule has 3 nitrogen and oxygen atoms in total. The molecule has 0 fully saturated rings. The lowest BCUT2D eigenvalue weighted by molar-refractivity contribution is 0.409. The van der Waals surface area contributed by atoms with Gasteiger partial charge in [0.2, 0.25) is 0 Å². The van der Waals surface area contributed by atoms with Crippen LogP contribution >= 0.6 is 11.6 Å². The van der Waals surface area contributed by atoms with Gasteiger partial charge in [-0.3, -0.25) is 0 Å². The molecule has 0 atom stereocenters. The summed E-state index contributed by atoms with van der Waals surface area (Å²) < 4.78 is 0. The SMILES string of the molecule is CC(C)CN(CCN(C)C)c1ccc(CCl)cc1C#N. The van der Waals surface area contributed by atoms with Crippen LogP contribution in [0.5, 0.6) is 0 Å². The molecule has 20 heavy (non-hydrogen) atoms. The first-order valence-electron chi connectivity index (χ1n) is 6.96. The smallest absolute Gasteiger partial charge is 0.101 e. The minimum Gasteiger partial charge on any atom is -0.369 e. The molecule has 4 heteroatoms. The lowest BCUT2D eigenvalue weighted by Gasteiger charge is -2.29. The summed E-state index contributed by atoms with van der Waals surface area (Å²) in [7, 11) is 4.13. The standard InChI is InChI=1S/C16H24ClN3/c1-13(2)12-20(8-7-19(3)4)16-6-5-14(10-17)9-15(16)11-18/h5-6,9,13H,7-8,10,12H2,1-4H3. The van der Waals surface area contributed by atoms with E-state index >= 15 is 0 Å². The Kier molecular flexibility index (Phi) is 6.84. The number of benzene rings is 1. The Morgan fingerprint density at radius 1 is 1.25 bits per heavy atom. The first-order valence-corrected chi connectivity index (χ1v) is 7.50. The second kappa shape index (κ2) is 8.14. The number of alkyl halides is 1. The third-order valence-electron chi connectivity index (χ3n) is 3.08. The van der Waals surface area contributed by atoms with Gasteiger partial charge in [0.1, 0.15) is 6.07 Å². The average molecular weight is 294 g/mol. The van der Waals surface area contributed by atoms with Gasteiger partial charge in [0.15, 0.2) is 0 Å². The van der Waals surface area contributed by atoms with Crippen molar-refractivity contribution in [3.8, 4) is 6.07 Å². The first kappa shape index (κ1) is 16.8. The van der Waals surface area contributed by atoms with Gasteiger partial charge < -0.3 is 9.80 Å². The summed E-state index contributed by atoms with van der Waals surface area (Å²) in [6.07, 6.45) is 0. The molecule has 110 valence electrons. The van der Waals surface area contributed by atoms with Gasteiger partial charge in [0.05, 0.1) is 11.3 Å². The van der Waals surface area contributed by atoms with E-state index in [1.54, 1.807) is 0 Å². The van der Waals surface area contributed by atoms with Gasteiger partial charge in [0.25, 0.3) is 0 Å². The fraction of sp³-hybridized carbons (Fsp3) is 0.562. The Labute approximate surface area is 127 Å². The maximum absolute atomic E-state index is 9.37. The zero-order valence-electron chi connectivity index (χ0n) is 12.9. The third-order valence-corrected chi connectivity index (χ3v) is 3.39. The van der Waals surface area contributed by atoms with Crippen LogP contribution in [-0.2, 0) is 5.88 Å². The number of anilines is 1. The van der Waals surface area contributed by atoms with E-state index in [4.69, 9.17) is 11.6 Å². The Balaban J connectivity index is 3.02. The summed E-state index contributed by atoms with van der Waals surface area (Å²) in [4.78, 5) is 4.45. The van der Waals surface area contributed by atoms with E-state index in [-0.39, 0.29) is 0 Å². The van der Waals surface area contributed by atoms with E-state index in [1.807, 2.05) is 18.2 Å². The molecule has 0 aliphatic rings. The molecule has 0 radical (unpaired) electrons. The highest BCUT2D eigenvalue weighted by molar-refractivity contribution is 6.17. The molecular weight excluding hydrogens is 270 g/mol. The average Bonchev–Trinajstić information content (AvgIpc) is 2.42. The van der Waals surface area contributed by atoms with Gasteiger partial charge in [-0.05, 0) is 37.7 Å². The Bertz CT molecular complexity index is 463. The Hall–Kier alpha value is -1.24. The lowest BCUT2D eigenvalue weighted by Crippen LogP contribution is -2.34. The minimum absolute atomic E-state index is 0.441. The molecule has 0 heterocycles. The van der Waals surface area contributed by atoms with E-state index < -0.39 is 0 Å². The highest BCUT2D eigenvalue weighted by Gasteiger charge is 2.13. The number of likely N-dealkylation sites (N-methyl/N-ethyl adjacent to an activating group) is 1. The minimum atomic E-state index is 0.441. The van der Waals surface area contributed by atoms with Crippen molar-refractivity contribution in [2.45, 2.75) is 19.7 Å². The molecule has 0 amide bonds. The van der Waals surface area contributed by atoms with Crippen molar-refractivity contribution >= 4 is 17.3 Å². The summed E-state index contributed by atoms with van der Waals surface area (Å²) in [6.45, 7) is 7.22. The number of hydrogen-bond donors (Lipinski definition) is 0. The van der Waals surface area contributed by atoms with E-state index in [1.165, 1.54) is 0 Å². The summed E-state index contributed by atoms with van der Waals surface area (Å²) >= 11 is 5.85. The Morgan fingerprint density at radius 2 is 1.95 bits per heavy atom. The quantitative estimate of drug-likeness (QED) is 0.723. The van der Waals surface area contributed by atoms with E-state index in [9.17, 15) is 5.26 Å². The predicted molar refractivity (Wildman–Crippen MR) is 86.3 cm³/mol. The zero-order chi connectivity index (χ0) is 15.1. The second-order valence-corrected chi connectivity index (χ2v) is 6.01. The lowest BCUT2D eigenvalue weighted by atomic mass is 10.1. The molecule has 1 rings (SSSR count). The maximum Gasteiger partial charge on any atom is 0.101 e. The zero-order valence-corrected chi connectivity index (χ0v) is 13.6. The fourth-order valence-electron chi connectivity index (χ4n) is 2.10. The van der Waals surface area contributed by atoms with Gasteiger partial charge in [-0.2, -0.15) is 5.26 Å². The van der Waals surface area contributed by atoms with E-state index in [0.717, 1.165) is 30.9 Å². The number of nitriles is 1. The molecule has 1 aromatic rings. The van der Waals surface area contributed by atoms with Gasteiger partial charge in [-0.15, -0.1) is 11.6 Å². The van der Waals surface area contributed by atoms with Crippen molar-refractivity contribution in [1.29, 1.82) is 5.26 Å². The molecule has 0 aliphatic carbocycles. The summed E-state index contributed by atoms with van der Waals surface area (Å²) in [5.74, 6) is 0.994. The molecule has 0 aliphatic heterocycles. The van der Waals surface area contributed by atoms with Crippen LogP contribution < -0.4 is 4.90 Å². The van der Waals surface area contributed by atoms with Crippen molar-refractivity contribution in [1.82, 2.24) is 4.90 Å². The highest BCUT2D eigenvalue weighted by atomic mass is 35.5. The van der Waals surface area contributed by atoms with Crippen LogP contribution in [0.4, 0.5) is 5.69 Å². The third kappa shape index (κ3) is 5.03. The molecule has 0 saturated heterocycles. The highest BCUT2D eigenvalue weighted by Crippen LogP contribution is 2.23. The van der Waals surface area contributed by atoms with Crippen LogP contribution in [0.1, 0.15) is 25.0 Å². The van der Waals surface area contributed by atoms with Crippen LogP contribution in [0, 0.1) is 17.2 Å². The molecule has 0 aromatic heterocycles. The molecule has 0 bridgehead atoms. The first-order chi connectivity index (χ1) is 9.47. The number of hydrogen-bond acceptors (Lipinski definition) is 3. The molecule has 0 spiro atoms. The van der Waals surface area contributed by atoms with Gasteiger partial charge in [0, 0.05) is 25.5 Å². The van der Waals surface area contributed by atoms with Crippen molar-refractivity contribution < 1.29 is 0 Å². The molecular formula is C16H24ClN3. The summed E-state index contributed by atoms with van der Waals surface area (Å²) in [6, 6.07) is 8.22. The van der Waals surface area contributed by atoms with Crippen LogP contribution in [0.2, 0.25) is 0 Å². The normalized spacial score (nSPS) is 10.9. The maximum atomic E-state index is 9.37. The predicted octanol–water partition coefficient (Wildman–Crippen LogP) is 3.32. The van der Waals surface area contributed by atoms with Crippen LogP contribution in [0.15, 0.2) is 18.2 Å². The summed E-state index contributed by atoms with van der Waals surface area (Å²) in [5.41, 5.74) is 2.71. The van der Waals surface area contributed by atoms with Crippen LogP contribution in [0.3, 0.4) is 0 Å². The van der Waals surface area contributed by atoms with Gasteiger partial charge in [-0.1, -0.05) is 19.9 Å². The topological polar surface area (TPSA) is 30.3 Å². The van der Waals surface area contributed by atoms with Crippen molar-refractivity contribution in [2.75, 3.05) is 38.6 Å². The van der Waals surface area contributed by atoms with Crippen molar-refractivity contribution in [2.24, 2.45) is 5.92 Å². The van der Waals surface area contributed by atoms with E-state index in [0.29, 0.717) is 17.4 Å². The number of halogens is 1.